The molecule has 8 heteroatoms. The average Bonchev–Trinajstić information content (AvgIpc) is 2.74. The van der Waals surface area contributed by atoms with Crippen LogP contribution in [0.2, 0.25) is 0 Å². The van der Waals surface area contributed by atoms with Gasteiger partial charge in [0.05, 0.1) is 0 Å². The van der Waals surface area contributed by atoms with Crippen molar-refractivity contribution in [2.75, 3.05) is 5.32 Å². The molecule has 2 heterocycles. The molecule has 0 spiro atoms. The Morgan fingerprint density at radius 1 is 1.40 bits per heavy atom. The summed E-state index contributed by atoms with van der Waals surface area (Å²) in [7, 11) is 0. The maximum Gasteiger partial charge on any atom is 0.433 e. The first kappa shape index (κ1) is 14.4. The molecule has 4 nitrogen and oxygen atoms in total. The molecule has 2 rings (SSSR count). The molecule has 1 amide bonds. The third-order valence-corrected chi connectivity index (χ3v) is 3.29. The van der Waals surface area contributed by atoms with Gasteiger partial charge in [0, 0.05) is 24.1 Å². The highest BCUT2D eigenvalue weighted by molar-refractivity contribution is 7.13. The lowest BCUT2D eigenvalue weighted by Crippen LogP contribution is -2.10. The molecule has 0 unspecified atom stereocenters. The normalized spacial score (nSPS) is 11.4. The molecule has 0 atom stereocenters. The minimum atomic E-state index is -4.47. The van der Waals surface area contributed by atoms with Crippen LogP contribution in [0.1, 0.15) is 18.2 Å². The molecule has 0 aliphatic carbocycles. The largest absolute Gasteiger partial charge is 0.433 e. The van der Waals surface area contributed by atoms with Crippen molar-refractivity contribution >= 4 is 23.1 Å². The number of rotatable bonds is 2. The number of nitrogens with zero attached hydrogens (tertiary/aromatic N) is 2. The van der Waals surface area contributed by atoms with Crippen LogP contribution in [0.25, 0.3) is 10.6 Å². The number of thiazole rings is 1. The molecule has 0 fully saturated rings. The first-order chi connectivity index (χ1) is 9.27. The van der Waals surface area contributed by atoms with Crippen LogP contribution in [-0.4, -0.2) is 15.9 Å². The molecule has 2 aromatic heterocycles. The smallest absolute Gasteiger partial charge is 0.310 e. The highest BCUT2D eigenvalue weighted by Crippen LogP contribution is 2.33. The summed E-state index contributed by atoms with van der Waals surface area (Å²) in [5.74, 6) is 0.110. The van der Waals surface area contributed by atoms with Crippen LogP contribution >= 0.6 is 11.3 Å². The van der Waals surface area contributed by atoms with Crippen LogP contribution < -0.4 is 5.32 Å². The number of pyridine rings is 1. The lowest BCUT2D eigenvalue weighted by atomic mass is 10.1. The van der Waals surface area contributed by atoms with Gasteiger partial charge in [0.15, 0.2) is 0 Å². The Kier molecular flexibility index (Phi) is 3.76. The predicted molar refractivity (Wildman–Crippen MR) is 69.4 cm³/mol. The Morgan fingerprint density at radius 3 is 2.65 bits per heavy atom. The van der Waals surface area contributed by atoms with Crippen LogP contribution in [0.4, 0.5) is 19.0 Å². The topological polar surface area (TPSA) is 54.9 Å². The zero-order valence-corrected chi connectivity index (χ0v) is 11.4. The molecule has 1 N–H and O–H groups in total. The molecule has 0 radical (unpaired) electrons. The second-order valence-corrected chi connectivity index (χ2v) is 4.96. The second kappa shape index (κ2) is 5.20. The fraction of sp³-hybridized carbons (Fsp3) is 0.250. The van der Waals surface area contributed by atoms with E-state index in [1.807, 2.05) is 0 Å². The van der Waals surface area contributed by atoms with Crippen molar-refractivity contribution in [2.45, 2.75) is 20.0 Å². The minimum Gasteiger partial charge on any atom is -0.310 e. The van der Waals surface area contributed by atoms with Gasteiger partial charge in [0.1, 0.15) is 16.5 Å². The van der Waals surface area contributed by atoms with Crippen LogP contribution in [0.15, 0.2) is 17.6 Å². The Balaban J connectivity index is 2.32. The van der Waals surface area contributed by atoms with E-state index in [2.05, 4.69) is 15.3 Å². The Labute approximate surface area is 116 Å². The van der Waals surface area contributed by atoms with Crippen molar-refractivity contribution in [3.8, 4) is 10.6 Å². The molecule has 2 aromatic rings. The molecular weight excluding hydrogens is 291 g/mol. The van der Waals surface area contributed by atoms with E-state index in [-0.39, 0.29) is 11.5 Å². The SMILES string of the molecule is CC(=O)Nc1csc(-c2cnc(C(F)(F)F)c(C)c2)n1. The third kappa shape index (κ3) is 3.13. The highest BCUT2D eigenvalue weighted by Gasteiger charge is 2.34. The number of carbonyl (C=O) groups is 1. The molecule has 0 aromatic carbocycles. The molecule has 0 saturated heterocycles. The third-order valence-electron chi connectivity index (χ3n) is 2.40. The van der Waals surface area contributed by atoms with E-state index in [0.29, 0.717) is 16.4 Å². The molecule has 0 bridgehead atoms. The Morgan fingerprint density at radius 2 is 2.10 bits per heavy atom. The highest BCUT2D eigenvalue weighted by atomic mass is 32.1. The van der Waals surface area contributed by atoms with Crippen molar-refractivity contribution in [2.24, 2.45) is 0 Å². The summed E-state index contributed by atoms with van der Waals surface area (Å²) < 4.78 is 37.8. The number of hydrogen-bond donors (Lipinski definition) is 1. The number of anilines is 1. The van der Waals surface area contributed by atoms with Gasteiger partial charge in [-0.25, -0.2) is 4.98 Å². The Bertz CT molecular complexity index is 652. The number of amides is 1. The van der Waals surface area contributed by atoms with Crippen LogP contribution in [0.5, 0.6) is 0 Å². The molecule has 0 aliphatic heterocycles. The van der Waals surface area contributed by atoms with Crippen molar-refractivity contribution in [1.82, 2.24) is 9.97 Å². The van der Waals surface area contributed by atoms with E-state index < -0.39 is 11.9 Å². The number of nitrogens with one attached hydrogen (secondary N) is 1. The summed E-state index contributed by atoms with van der Waals surface area (Å²) >= 11 is 1.22. The van der Waals surface area contributed by atoms with E-state index in [9.17, 15) is 18.0 Å². The van der Waals surface area contributed by atoms with E-state index in [1.54, 1.807) is 5.38 Å². The number of hydrogen-bond acceptors (Lipinski definition) is 4. The van der Waals surface area contributed by atoms with Gasteiger partial charge in [0.2, 0.25) is 5.91 Å². The van der Waals surface area contributed by atoms with Crippen molar-refractivity contribution in [3.05, 3.63) is 28.9 Å². The lowest BCUT2D eigenvalue weighted by Gasteiger charge is -2.09. The number of aromatic nitrogens is 2. The second-order valence-electron chi connectivity index (χ2n) is 4.11. The quantitative estimate of drug-likeness (QED) is 0.923. The first-order valence-electron chi connectivity index (χ1n) is 5.54. The maximum atomic E-state index is 12.6. The molecule has 0 saturated carbocycles. The van der Waals surface area contributed by atoms with Gasteiger partial charge < -0.3 is 5.32 Å². The van der Waals surface area contributed by atoms with E-state index in [4.69, 9.17) is 0 Å². The van der Waals surface area contributed by atoms with Gasteiger partial charge in [-0.05, 0) is 18.6 Å². The summed E-state index contributed by atoms with van der Waals surface area (Å²) in [6, 6.07) is 1.38. The van der Waals surface area contributed by atoms with Crippen molar-refractivity contribution < 1.29 is 18.0 Å². The van der Waals surface area contributed by atoms with Gasteiger partial charge in [-0.3, -0.25) is 9.78 Å². The van der Waals surface area contributed by atoms with E-state index in [0.717, 1.165) is 6.20 Å². The summed E-state index contributed by atoms with van der Waals surface area (Å²) in [6.45, 7) is 2.70. The van der Waals surface area contributed by atoms with Gasteiger partial charge in [0.25, 0.3) is 0 Å². The summed E-state index contributed by atoms with van der Waals surface area (Å²) in [5, 5.41) is 4.62. The summed E-state index contributed by atoms with van der Waals surface area (Å²) in [6.07, 6.45) is -3.33. The Hall–Kier alpha value is -1.96. The molecule has 106 valence electrons. The number of halogens is 3. The van der Waals surface area contributed by atoms with Crippen molar-refractivity contribution in [1.29, 1.82) is 0 Å². The van der Waals surface area contributed by atoms with Crippen molar-refractivity contribution in [3.63, 3.8) is 0 Å². The maximum absolute atomic E-state index is 12.6. The van der Waals surface area contributed by atoms with E-state index >= 15 is 0 Å². The van der Waals surface area contributed by atoms with Gasteiger partial charge in [-0.1, -0.05) is 0 Å². The lowest BCUT2D eigenvalue weighted by molar-refractivity contribution is -0.141. The van der Waals surface area contributed by atoms with Crippen LogP contribution in [-0.2, 0) is 11.0 Å². The van der Waals surface area contributed by atoms with Crippen LogP contribution in [0.3, 0.4) is 0 Å². The summed E-state index contributed by atoms with van der Waals surface area (Å²) in [4.78, 5) is 18.5. The standard InChI is InChI=1S/C12H10F3N3OS/c1-6-3-8(4-16-10(6)12(13,14)15)11-18-9(5-20-11)17-7(2)19/h3-5H,1-2H3,(H,17,19). The number of alkyl halides is 3. The average molecular weight is 301 g/mol. The molecule has 0 aliphatic rings. The van der Waals surface area contributed by atoms with Gasteiger partial charge in [-0.15, -0.1) is 11.3 Å². The van der Waals surface area contributed by atoms with Gasteiger partial charge >= 0.3 is 6.18 Å². The van der Waals surface area contributed by atoms with Crippen LogP contribution in [0, 0.1) is 6.92 Å². The number of carbonyl (C=O) groups excluding carboxylic acids is 1. The first-order valence-corrected chi connectivity index (χ1v) is 6.42. The number of aryl methyl sites for hydroxylation is 1. The monoisotopic (exact) mass is 301 g/mol. The molecular formula is C12H10F3N3OS. The van der Waals surface area contributed by atoms with E-state index in [1.165, 1.54) is 31.3 Å². The minimum absolute atomic E-state index is 0.0336. The zero-order valence-electron chi connectivity index (χ0n) is 10.6. The predicted octanol–water partition coefficient (Wildman–Crippen LogP) is 3.49. The fourth-order valence-electron chi connectivity index (χ4n) is 1.63. The van der Waals surface area contributed by atoms with Gasteiger partial charge in [-0.2, -0.15) is 13.2 Å². The summed E-state index contributed by atoms with van der Waals surface area (Å²) in [5.41, 5.74) is -0.386. The zero-order chi connectivity index (χ0) is 14.9. The molecule has 20 heavy (non-hydrogen) atoms. The fourth-order valence-corrected chi connectivity index (χ4v) is 2.37.